The highest BCUT2D eigenvalue weighted by atomic mass is 16.5. The van der Waals surface area contributed by atoms with E-state index in [0.29, 0.717) is 19.1 Å². The van der Waals surface area contributed by atoms with Crippen LogP contribution in [0.2, 0.25) is 0 Å². The Balaban J connectivity index is 2.00. The number of hydrogen-bond acceptors (Lipinski definition) is 5. The van der Waals surface area contributed by atoms with Crippen molar-refractivity contribution in [3.8, 4) is 5.88 Å². The van der Waals surface area contributed by atoms with Gasteiger partial charge in [0.2, 0.25) is 5.88 Å². The summed E-state index contributed by atoms with van der Waals surface area (Å²) in [5.74, 6) is -0.770. The summed E-state index contributed by atoms with van der Waals surface area (Å²) in [6.07, 6.45) is 3.30. The lowest BCUT2D eigenvalue weighted by molar-refractivity contribution is 0.0689. The number of carbonyl (C=O) groups is 1. The van der Waals surface area contributed by atoms with E-state index in [1.165, 1.54) is 12.4 Å². The quantitative estimate of drug-likeness (QED) is 0.774. The second-order valence-corrected chi connectivity index (χ2v) is 3.15. The van der Waals surface area contributed by atoms with Crippen LogP contribution in [0.5, 0.6) is 5.88 Å². The molecule has 1 saturated heterocycles. The van der Waals surface area contributed by atoms with Crippen molar-refractivity contribution in [2.75, 3.05) is 13.2 Å². The molecule has 0 bridgehead atoms. The molecule has 1 unspecified atom stereocenters. The first-order chi connectivity index (χ1) is 7.25. The van der Waals surface area contributed by atoms with E-state index in [0.717, 1.165) is 6.42 Å². The number of aromatic carboxylic acids is 1. The Morgan fingerprint density at radius 1 is 1.53 bits per heavy atom. The van der Waals surface area contributed by atoms with Crippen molar-refractivity contribution in [3.63, 3.8) is 0 Å². The third kappa shape index (κ3) is 2.41. The molecule has 6 heteroatoms. The van der Waals surface area contributed by atoms with E-state index in [1.807, 2.05) is 0 Å². The maximum atomic E-state index is 10.5. The molecule has 1 aliphatic rings. The smallest absolute Gasteiger partial charge is 0.356 e. The molecule has 0 saturated carbocycles. The fourth-order valence-electron chi connectivity index (χ4n) is 1.26. The first kappa shape index (κ1) is 9.85. The fourth-order valence-corrected chi connectivity index (χ4v) is 1.26. The van der Waals surface area contributed by atoms with Crippen molar-refractivity contribution in [2.45, 2.75) is 12.5 Å². The van der Waals surface area contributed by atoms with E-state index >= 15 is 0 Å². The predicted octanol–water partition coefficient (Wildman–Crippen LogP) is 0.342. The van der Waals surface area contributed by atoms with Crippen LogP contribution < -0.4 is 4.74 Å². The summed E-state index contributed by atoms with van der Waals surface area (Å²) in [6.45, 7) is 1.23. The highest BCUT2D eigenvalue weighted by Gasteiger charge is 2.18. The van der Waals surface area contributed by atoms with Crippen LogP contribution in [0.4, 0.5) is 0 Å². The van der Waals surface area contributed by atoms with Gasteiger partial charge in [-0.15, -0.1) is 0 Å². The minimum Gasteiger partial charge on any atom is -0.476 e. The van der Waals surface area contributed by atoms with Gasteiger partial charge in [-0.3, -0.25) is 0 Å². The van der Waals surface area contributed by atoms with Crippen molar-refractivity contribution in [1.82, 2.24) is 9.97 Å². The normalized spacial score (nSPS) is 20.1. The number of carboxylic acids is 1. The van der Waals surface area contributed by atoms with Crippen LogP contribution in [-0.4, -0.2) is 40.4 Å². The largest absolute Gasteiger partial charge is 0.476 e. The van der Waals surface area contributed by atoms with Crippen LogP contribution in [0.15, 0.2) is 12.4 Å². The lowest BCUT2D eigenvalue weighted by Gasteiger charge is -2.09. The van der Waals surface area contributed by atoms with Crippen molar-refractivity contribution < 1.29 is 19.4 Å². The third-order valence-electron chi connectivity index (χ3n) is 2.02. The first-order valence-electron chi connectivity index (χ1n) is 4.55. The molecule has 2 rings (SSSR count). The van der Waals surface area contributed by atoms with Gasteiger partial charge in [0, 0.05) is 6.42 Å². The van der Waals surface area contributed by atoms with Crippen molar-refractivity contribution in [2.24, 2.45) is 0 Å². The Labute approximate surface area is 85.9 Å². The third-order valence-corrected chi connectivity index (χ3v) is 2.02. The standard InChI is InChI=1S/C9H10N2O4/c12-9(13)7-3-11-8(4-10-7)15-6-1-2-14-5-6/h3-4,6H,1-2,5H2,(H,12,13). The summed E-state index contributed by atoms with van der Waals surface area (Å²) in [6, 6.07) is 0. The summed E-state index contributed by atoms with van der Waals surface area (Å²) >= 11 is 0. The number of rotatable bonds is 3. The van der Waals surface area contributed by atoms with Gasteiger partial charge in [-0.05, 0) is 0 Å². The first-order valence-corrected chi connectivity index (χ1v) is 4.55. The monoisotopic (exact) mass is 210 g/mol. The maximum absolute atomic E-state index is 10.5. The number of aromatic nitrogens is 2. The van der Waals surface area contributed by atoms with Crippen molar-refractivity contribution in [1.29, 1.82) is 0 Å². The molecule has 1 atom stereocenters. The van der Waals surface area contributed by atoms with E-state index < -0.39 is 5.97 Å². The Morgan fingerprint density at radius 2 is 2.40 bits per heavy atom. The van der Waals surface area contributed by atoms with Crippen LogP contribution in [0.3, 0.4) is 0 Å². The summed E-state index contributed by atoms with van der Waals surface area (Å²) in [4.78, 5) is 18.0. The highest BCUT2D eigenvalue weighted by molar-refractivity contribution is 5.84. The summed E-state index contributed by atoms with van der Waals surface area (Å²) in [7, 11) is 0. The molecular weight excluding hydrogens is 200 g/mol. The molecule has 80 valence electrons. The van der Waals surface area contributed by atoms with Gasteiger partial charge in [0.05, 0.1) is 25.6 Å². The molecule has 6 nitrogen and oxygen atoms in total. The summed E-state index contributed by atoms with van der Waals surface area (Å²) in [5.41, 5.74) is -0.0926. The van der Waals surface area contributed by atoms with Gasteiger partial charge in [0.25, 0.3) is 0 Å². The minimum absolute atomic E-state index is 0.00465. The van der Waals surface area contributed by atoms with Gasteiger partial charge in [0.1, 0.15) is 6.10 Å². The van der Waals surface area contributed by atoms with E-state index in [4.69, 9.17) is 14.6 Å². The molecule has 0 amide bonds. The van der Waals surface area contributed by atoms with Crippen LogP contribution in [0, 0.1) is 0 Å². The Bertz CT molecular complexity index is 346. The van der Waals surface area contributed by atoms with Crippen LogP contribution in [0.1, 0.15) is 16.9 Å². The molecule has 1 fully saturated rings. The second kappa shape index (κ2) is 4.22. The second-order valence-electron chi connectivity index (χ2n) is 3.15. The SMILES string of the molecule is O=C(O)c1cnc(OC2CCOC2)cn1. The summed E-state index contributed by atoms with van der Waals surface area (Å²) in [5, 5.41) is 8.60. The molecule has 15 heavy (non-hydrogen) atoms. The Morgan fingerprint density at radius 3 is 2.93 bits per heavy atom. The van der Waals surface area contributed by atoms with Gasteiger partial charge in [0.15, 0.2) is 5.69 Å². The van der Waals surface area contributed by atoms with Crippen molar-refractivity contribution in [3.05, 3.63) is 18.1 Å². The average molecular weight is 210 g/mol. The van der Waals surface area contributed by atoms with E-state index in [-0.39, 0.29) is 11.8 Å². The molecule has 0 spiro atoms. The molecule has 1 aliphatic heterocycles. The lowest BCUT2D eigenvalue weighted by atomic mass is 10.3. The number of nitrogens with zero attached hydrogens (tertiary/aromatic N) is 2. The highest BCUT2D eigenvalue weighted by Crippen LogP contribution is 2.13. The summed E-state index contributed by atoms with van der Waals surface area (Å²) < 4.78 is 10.5. The van der Waals surface area contributed by atoms with Gasteiger partial charge in [-0.1, -0.05) is 0 Å². The number of hydrogen-bond donors (Lipinski definition) is 1. The average Bonchev–Trinajstić information content (AvgIpc) is 2.71. The molecule has 2 heterocycles. The van der Waals surface area contributed by atoms with E-state index in [1.54, 1.807) is 0 Å². The Kier molecular flexibility index (Phi) is 2.77. The van der Waals surface area contributed by atoms with Gasteiger partial charge in [-0.2, -0.15) is 0 Å². The van der Waals surface area contributed by atoms with Crippen LogP contribution in [0.25, 0.3) is 0 Å². The predicted molar refractivity (Wildman–Crippen MR) is 48.8 cm³/mol. The molecule has 1 aromatic rings. The zero-order chi connectivity index (χ0) is 10.7. The lowest BCUT2D eigenvalue weighted by Crippen LogP contribution is -2.16. The molecule has 0 aliphatic carbocycles. The van der Waals surface area contributed by atoms with Crippen LogP contribution in [-0.2, 0) is 4.74 Å². The topological polar surface area (TPSA) is 81.5 Å². The molecule has 1 N–H and O–H groups in total. The zero-order valence-electron chi connectivity index (χ0n) is 7.92. The van der Waals surface area contributed by atoms with Gasteiger partial charge >= 0.3 is 5.97 Å². The van der Waals surface area contributed by atoms with Gasteiger partial charge in [-0.25, -0.2) is 14.8 Å². The minimum atomic E-state index is -1.10. The molecule has 0 aromatic carbocycles. The zero-order valence-corrected chi connectivity index (χ0v) is 7.92. The van der Waals surface area contributed by atoms with Gasteiger partial charge < -0.3 is 14.6 Å². The molecule has 1 aromatic heterocycles. The maximum Gasteiger partial charge on any atom is 0.356 e. The number of ether oxygens (including phenoxy) is 2. The fraction of sp³-hybridized carbons (Fsp3) is 0.444. The molecule has 0 radical (unpaired) electrons. The van der Waals surface area contributed by atoms with Crippen LogP contribution >= 0.6 is 0 Å². The van der Waals surface area contributed by atoms with E-state index in [2.05, 4.69) is 9.97 Å². The van der Waals surface area contributed by atoms with E-state index in [9.17, 15) is 4.79 Å². The number of carboxylic acid groups (broad SMARTS) is 1. The Hall–Kier alpha value is -1.69. The van der Waals surface area contributed by atoms with Crippen molar-refractivity contribution >= 4 is 5.97 Å². The molecular formula is C9H10N2O4.